The Kier molecular flexibility index (Phi) is 6.43. The van der Waals surface area contributed by atoms with E-state index < -0.39 is 25.1 Å². The van der Waals surface area contributed by atoms with Crippen LogP contribution in [0.4, 0.5) is 13.2 Å². The van der Waals surface area contributed by atoms with Crippen LogP contribution in [0.25, 0.3) is 0 Å². The number of rotatable bonds is 7. The van der Waals surface area contributed by atoms with Crippen molar-refractivity contribution >= 4 is 7.60 Å². The van der Waals surface area contributed by atoms with E-state index in [4.69, 9.17) is 19.5 Å². The van der Waals surface area contributed by atoms with Crippen molar-refractivity contribution in [3.8, 4) is 5.75 Å². The van der Waals surface area contributed by atoms with Gasteiger partial charge < -0.3 is 19.5 Å². The van der Waals surface area contributed by atoms with Gasteiger partial charge in [-0.15, -0.1) is 0 Å². The topological polar surface area (TPSA) is 70.8 Å². The lowest BCUT2D eigenvalue weighted by molar-refractivity contribution is -0.137. The molecule has 1 rings (SSSR count). The van der Waals surface area contributed by atoms with Crippen LogP contribution < -0.4 is 10.5 Å². The number of hydrogen-bond acceptors (Lipinski definition) is 5. The standard InChI is InChI=1S/C13H19F3NO4P/c1-4-20-22(18,21-5-2)12(17)9-6-10(13(14,15)16)8-11(7-9)19-3/h6-8,12H,4-5,17H2,1-3H3/t12-/m0/s1. The Balaban J connectivity index is 3.31. The molecular formula is C13H19F3NO4P. The number of hydrogen-bond donors (Lipinski definition) is 1. The largest absolute Gasteiger partial charge is 0.497 e. The lowest BCUT2D eigenvalue weighted by Gasteiger charge is -2.24. The molecule has 0 aliphatic carbocycles. The minimum atomic E-state index is -4.58. The monoisotopic (exact) mass is 341 g/mol. The Morgan fingerprint density at radius 3 is 2.14 bits per heavy atom. The molecule has 0 saturated carbocycles. The molecule has 0 fully saturated rings. The summed E-state index contributed by atoms with van der Waals surface area (Å²) in [7, 11) is -2.55. The zero-order chi connectivity index (χ0) is 17.0. The molecule has 22 heavy (non-hydrogen) atoms. The van der Waals surface area contributed by atoms with Crippen LogP contribution in [0.15, 0.2) is 18.2 Å². The van der Waals surface area contributed by atoms with E-state index in [0.717, 1.165) is 12.1 Å². The van der Waals surface area contributed by atoms with Crippen molar-refractivity contribution in [2.24, 2.45) is 5.73 Å². The van der Waals surface area contributed by atoms with Crippen molar-refractivity contribution in [2.45, 2.75) is 25.8 Å². The summed E-state index contributed by atoms with van der Waals surface area (Å²) < 4.78 is 66.3. The first-order chi connectivity index (χ1) is 10.2. The van der Waals surface area contributed by atoms with E-state index in [-0.39, 0.29) is 24.5 Å². The van der Waals surface area contributed by atoms with Gasteiger partial charge in [-0.05, 0) is 37.6 Å². The van der Waals surface area contributed by atoms with Crippen LogP contribution in [-0.4, -0.2) is 20.3 Å². The van der Waals surface area contributed by atoms with Crippen LogP contribution in [0.1, 0.15) is 30.8 Å². The maximum Gasteiger partial charge on any atom is 0.416 e. The third-order valence-corrected chi connectivity index (χ3v) is 5.01. The lowest BCUT2D eigenvalue weighted by Crippen LogP contribution is -2.16. The van der Waals surface area contributed by atoms with Crippen molar-refractivity contribution in [1.82, 2.24) is 0 Å². The van der Waals surface area contributed by atoms with Gasteiger partial charge in [-0.3, -0.25) is 4.57 Å². The molecule has 0 spiro atoms. The minimum absolute atomic E-state index is 0.0306. The molecule has 0 unspecified atom stereocenters. The van der Waals surface area contributed by atoms with Crippen molar-refractivity contribution in [3.05, 3.63) is 29.3 Å². The Morgan fingerprint density at radius 2 is 1.73 bits per heavy atom. The summed E-state index contributed by atoms with van der Waals surface area (Å²) in [4.78, 5) is 0. The van der Waals surface area contributed by atoms with Crippen molar-refractivity contribution in [2.75, 3.05) is 20.3 Å². The molecule has 0 aliphatic rings. The van der Waals surface area contributed by atoms with Crippen LogP contribution in [0.2, 0.25) is 0 Å². The summed E-state index contributed by atoms with van der Waals surface area (Å²) in [5, 5.41) is 0. The smallest absolute Gasteiger partial charge is 0.416 e. The third kappa shape index (κ3) is 4.46. The van der Waals surface area contributed by atoms with Crippen LogP contribution in [0.3, 0.4) is 0 Å². The average molecular weight is 341 g/mol. The number of alkyl halides is 3. The summed E-state index contributed by atoms with van der Waals surface area (Å²) in [5.41, 5.74) is 4.87. The van der Waals surface area contributed by atoms with E-state index in [2.05, 4.69) is 0 Å². The summed E-state index contributed by atoms with van der Waals surface area (Å²) in [6, 6.07) is 2.94. The normalized spacial score (nSPS) is 14.0. The van der Waals surface area contributed by atoms with E-state index in [0.29, 0.717) is 0 Å². The molecule has 0 radical (unpaired) electrons. The Bertz CT molecular complexity index is 541. The molecule has 2 N–H and O–H groups in total. The van der Waals surface area contributed by atoms with Crippen molar-refractivity contribution < 1.29 is 31.5 Å². The van der Waals surface area contributed by atoms with Gasteiger partial charge in [0.2, 0.25) is 0 Å². The summed E-state index contributed by atoms with van der Waals surface area (Å²) in [5.74, 6) is -1.39. The fraction of sp³-hybridized carbons (Fsp3) is 0.538. The molecular weight excluding hydrogens is 322 g/mol. The molecule has 9 heteroatoms. The number of benzene rings is 1. The first kappa shape index (κ1) is 19.0. The molecule has 5 nitrogen and oxygen atoms in total. The highest BCUT2D eigenvalue weighted by molar-refractivity contribution is 7.54. The lowest BCUT2D eigenvalue weighted by atomic mass is 10.1. The molecule has 1 atom stereocenters. The van der Waals surface area contributed by atoms with Crippen LogP contribution in [-0.2, 0) is 19.8 Å². The predicted octanol–water partition coefficient (Wildman–Crippen LogP) is 3.94. The number of nitrogens with two attached hydrogens (primary N) is 1. The van der Waals surface area contributed by atoms with Crippen LogP contribution in [0.5, 0.6) is 5.75 Å². The summed E-state index contributed by atoms with van der Waals surface area (Å²) in [6.45, 7) is 3.29. The molecule has 1 aromatic rings. The molecule has 0 aromatic heterocycles. The van der Waals surface area contributed by atoms with Gasteiger partial charge in [0.1, 0.15) is 11.5 Å². The van der Waals surface area contributed by atoms with Crippen LogP contribution >= 0.6 is 7.60 Å². The maximum absolute atomic E-state index is 12.9. The van der Waals surface area contributed by atoms with E-state index in [9.17, 15) is 17.7 Å². The Hall–Kier alpha value is -1.08. The Labute approximate surface area is 127 Å². The van der Waals surface area contributed by atoms with E-state index in [1.165, 1.54) is 13.2 Å². The average Bonchev–Trinajstić information content (AvgIpc) is 2.45. The van der Waals surface area contributed by atoms with E-state index in [1.54, 1.807) is 13.8 Å². The first-order valence-electron chi connectivity index (χ1n) is 6.58. The minimum Gasteiger partial charge on any atom is -0.497 e. The highest BCUT2D eigenvalue weighted by atomic mass is 31.2. The third-order valence-electron chi connectivity index (χ3n) is 2.79. The zero-order valence-corrected chi connectivity index (χ0v) is 13.4. The van der Waals surface area contributed by atoms with Gasteiger partial charge in [0, 0.05) is 0 Å². The zero-order valence-electron chi connectivity index (χ0n) is 12.5. The second-order valence-corrected chi connectivity index (χ2v) is 6.47. The fourth-order valence-electron chi connectivity index (χ4n) is 1.81. The van der Waals surface area contributed by atoms with Gasteiger partial charge in [0.15, 0.2) is 0 Å². The maximum atomic E-state index is 12.9. The summed E-state index contributed by atoms with van der Waals surface area (Å²) >= 11 is 0. The van der Waals surface area contributed by atoms with Gasteiger partial charge in [-0.2, -0.15) is 13.2 Å². The van der Waals surface area contributed by atoms with Gasteiger partial charge in [0.25, 0.3) is 0 Å². The number of ether oxygens (including phenoxy) is 1. The van der Waals surface area contributed by atoms with E-state index >= 15 is 0 Å². The first-order valence-corrected chi connectivity index (χ1v) is 8.19. The SMILES string of the molecule is CCOP(=O)(OCC)[C@H](N)c1cc(OC)cc(C(F)(F)F)c1. The molecule has 0 aliphatic heterocycles. The van der Waals surface area contributed by atoms with Gasteiger partial charge in [-0.1, -0.05) is 0 Å². The second-order valence-electron chi connectivity index (χ2n) is 4.31. The fourth-order valence-corrected chi connectivity index (χ4v) is 3.44. The molecule has 0 bridgehead atoms. The van der Waals surface area contributed by atoms with Crippen molar-refractivity contribution in [3.63, 3.8) is 0 Å². The van der Waals surface area contributed by atoms with Gasteiger partial charge >= 0.3 is 13.8 Å². The number of methoxy groups -OCH3 is 1. The van der Waals surface area contributed by atoms with Crippen molar-refractivity contribution in [1.29, 1.82) is 0 Å². The highest BCUT2D eigenvalue weighted by Crippen LogP contribution is 2.58. The number of halogens is 3. The van der Waals surface area contributed by atoms with Gasteiger partial charge in [0.05, 0.1) is 25.9 Å². The Morgan fingerprint density at radius 1 is 1.18 bits per heavy atom. The van der Waals surface area contributed by atoms with Gasteiger partial charge in [-0.25, -0.2) is 0 Å². The quantitative estimate of drug-likeness (QED) is 0.761. The molecule has 0 amide bonds. The second kappa shape index (κ2) is 7.46. The van der Waals surface area contributed by atoms with Crippen LogP contribution in [0, 0.1) is 0 Å². The molecule has 0 saturated heterocycles. The molecule has 1 aromatic carbocycles. The highest BCUT2D eigenvalue weighted by Gasteiger charge is 2.37. The summed E-state index contributed by atoms with van der Waals surface area (Å²) in [6.07, 6.45) is -4.58. The van der Waals surface area contributed by atoms with E-state index in [1.807, 2.05) is 0 Å². The molecule has 0 heterocycles. The predicted molar refractivity (Wildman–Crippen MR) is 75.8 cm³/mol. The molecule has 126 valence electrons.